The van der Waals surface area contributed by atoms with Crippen molar-refractivity contribution in [2.24, 2.45) is 4.99 Å². The van der Waals surface area contributed by atoms with Gasteiger partial charge < -0.3 is 5.11 Å². The van der Waals surface area contributed by atoms with Crippen LogP contribution in [0.4, 0.5) is 0 Å². The Morgan fingerprint density at radius 3 is 3.00 bits per heavy atom. The molecule has 1 saturated heterocycles. The van der Waals surface area contributed by atoms with Crippen molar-refractivity contribution in [3.05, 3.63) is 23.2 Å². The Morgan fingerprint density at radius 1 is 1.42 bits per heavy atom. The lowest BCUT2D eigenvalue weighted by molar-refractivity contribution is -0.392. The minimum Gasteiger partial charge on any atom is -0.872 e. The van der Waals surface area contributed by atoms with E-state index < -0.39 is 11.7 Å². The molecule has 1 fully saturated rings. The Kier molecular flexibility index (Phi) is 2.17. The molecule has 8 heteroatoms. The van der Waals surface area contributed by atoms with Gasteiger partial charge in [0, 0.05) is 0 Å². The monoisotopic (exact) mass is 293 g/mol. The van der Waals surface area contributed by atoms with Crippen LogP contribution in [0.1, 0.15) is 5.01 Å². The molecule has 0 bridgehead atoms. The zero-order valence-corrected chi connectivity index (χ0v) is 10.9. The van der Waals surface area contributed by atoms with Crippen molar-refractivity contribution in [2.75, 3.05) is 5.75 Å². The quantitative estimate of drug-likeness (QED) is 0.731. The van der Waals surface area contributed by atoms with Crippen LogP contribution in [0.2, 0.25) is 0 Å². The predicted molar refractivity (Wildman–Crippen MR) is 68.0 cm³/mol. The van der Waals surface area contributed by atoms with E-state index in [-0.39, 0.29) is 5.75 Å². The first-order valence-electron chi connectivity index (χ1n) is 5.37. The van der Waals surface area contributed by atoms with Crippen LogP contribution in [-0.4, -0.2) is 27.5 Å². The molecule has 0 amide bonds. The van der Waals surface area contributed by atoms with E-state index in [1.54, 1.807) is 12.1 Å². The molecule has 1 unspecified atom stereocenters. The zero-order valence-electron chi connectivity index (χ0n) is 9.28. The second-order valence-corrected chi connectivity index (χ2v) is 6.09. The molecule has 0 aliphatic carbocycles. The van der Waals surface area contributed by atoms with Gasteiger partial charge >= 0.3 is 11.7 Å². The molecule has 0 N–H and O–H groups in total. The van der Waals surface area contributed by atoms with Gasteiger partial charge in [0.25, 0.3) is 0 Å². The Morgan fingerprint density at radius 2 is 2.32 bits per heavy atom. The number of nitrogens with zero attached hydrogens (tertiary/aromatic N) is 2. The van der Waals surface area contributed by atoms with Crippen LogP contribution in [-0.2, 0) is 14.6 Å². The number of aliphatic imine (C=N–C) groups is 1. The molecule has 4 rings (SSSR count). The smallest absolute Gasteiger partial charge is 0.401 e. The molecule has 1 aromatic carbocycles. The fourth-order valence-electron chi connectivity index (χ4n) is 1.82. The van der Waals surface area contributed by atoms with Crippen LogP contribution >= 0.6 is 23.1 Å². The molecular formula is C11H5N2O4S2-. The Balaban J connectivity index is 1.77. The van der Waals surface area contributed by atoms with Crippen molar-refractivity contribution in [1.82, 2.24) is 4.98 Å². The highest BCUT2D eigenvalue weighted by molar-refractivity contribution is 8.15. The van der Waals surface area contributed by atoms with E-state index in [4.69, 9.17) is 4.89 Å². The second-order valence-electron chi connectivity index (χ2n) is 4.09. The van der Waals surface area contributed by atoms with Crippen molar-refractivity contribution in [3.8, 4) is 5.75 Å². The summed E-state index contributed by atoms with van der Waals surface area (Å²) >= 11 is 2.77. The second kappa shape index (κ2) is 3.69. The van der Waals surface area contributed by atoms with Crippen molar-refractivity contribution >= 4 is 44.3 Å². The summed E-state index contributed by atoms with van der Waals surface area (Å²) in [6.45, 7) is 0. The number of carbonyl (C=O) groups is 1. The number of hydrogen-bond acceptors (Lipinski definition) is 8. The first kappa shape index (κ1) is 11.2. The van der Waals surface area contributed by atoms with Gasteiger partial charge in [-0.3, -0.25) is 4.89 Å². The van der Waals surface area contributed by atoms with Gasteiger partial charge in [0.1, 0.15) is 10.1 Å². The molecule has 1 spiro atoms. The minimum absolute atomic E-state index is 0.0499. The summed E-state index contributed by atoms with van der Waals surface area (Å²) in [4.78, 5) is 29.1. The summed E-state index contributed by atoms with van der Waals surface area (Å²) in [5, 5.41) is 12.6. The van der Waals surface area contributed by atoms with E-state index in [9.17, 15) is 9.90 Å². The van der Waals surface area contributed by atoms with E-state index in [1.165, 1.54) is 29.2 Å². The maximum atomic E-state index is 11.3. The van der Waals surface area contributed by atoms with Gasteiger partial charge in [-0.25, -0.2) is 14.8 Å². The van der Waals surface area contributed by atoms with Crippen LogP contribution in [0.3, 0.4) is 0 Å². The predicted octanol–water partition coefficient (Wildman–Crippen LogP) is 1.05. The van der Waals surface area contributed by atoms with Crippen molar-refractivity contribution < 1.29 is 19.7 Å². The number of hydrogen-bond donors (Lipinski definition) is 0. The molecular weight excluding hydrogens is 288 g/mol. The van der Waals surface area contributed by atoms with Crippen LogP contribution < -0.4 is 5.11 Å². The van der Waals surface area contributed by atoms with Crippen molar-refractivity contribution in [1.29, 1.82) is 0 Å². The Bertz CT molecular complexity index is 741. The van der Waals surface area contributed by atoms with Crippen molar-refractivity contribution in [3.63, 3.8) is 0 Å². The third-order valence-electron chi connectivity index (χ3n) is 2.80. The van der Waals surface area contributed by atoms with Gasteiger partial charge in [-0.1, -0.05) is 23.9 Å². The number of aromatic nitrogens is 1. The lowest BCUT2D eigenvalue weighted by Crippen LogP contribution is -2.51. The maximum Gasteiger partial charge on any atom is 0.401 e. The molecule has 2 aromatic rings. The third-order valence-corrected chi connectivity index (χ3v) is 5.05. The summed E-state index contributed by atoms with van der Waals surface area (Å²) < 4.78 is 0.809. The number of benzene rings is 1. The number of fused-ring (bicyclic) bond motifs is 1. The van der Waals surface area contributed by atoms with Gasteiger partial charge in [-0.2, -0.15) is 0 Å². The fourth-order valence-corrected chi connectivity index (χ4v) is 3.94. The fraction of sp³-hybridized carbons (Fsp3) is 0.182. The van der Waals surface area contributed by atoms with Crippen LogP contribution in [0.5, 0.6) is 5.75 Å². The number of thiazole rings is 1. The molecule has 0 saturated carbocycles. The molecule has 6 nitrogen and oxygen atoms in total. The SMILES string of the molecule is O=C1OOC12CSC(c1nc3ccc([O-])cc3s1)=N2. The van der Waals surface area contributed by atoms with E-state index in [2.05, 4.69) is 14.9 Å². The van der Waals surface area contributed by atoms with Gasteiger partial charge in [0.2, 0.25) is 0 Å². The van der Waals surface area contributed by atoms with Gasteiger partial charge in [-0.15, -0.1) is 22.0 Å². The number of carbonyl (C=O) groups excluding carboxylic acids is 1. The van der Waals surface area contributed by atoms with E-state index in [0.717, 1.165) is 10.2 Å². The first-order chi connectivity index (χ1) is 9.16. The minimum atomic E-state index is -1.18. The average Bonchev–Trinajstić information content (AvgIpc) is 3.01. The summed E-state index contributed by atoms with van der Waals surface area (Å²) in [6, 6.07) is 4.70. The summed E-state index contributed by atoms with van der Waals surface area (Å²) in [6.07, 6.45) is 0. The molecule has 2 aliphatic heterocycles. The summed E-state index contributed by atoms with van der Waals surface area (Å²) in [5.74, 6) is -0.131. The summed E-state index contributed by atoms with van der Waals surface area (Å²) in [7, 11) is 0. The van der Waals surface area contributed by atoms with Gasteiger partial charge in [0.15, 0.2) is 0 Å². The maximum absolute atomic E-state index is 11.3. The topological polar surface area (TPSA) is 83.8 Å². The molecule has 3 heterocycles. The van der Waals surface area contributed by atoms with E-state index in [1.807, 2.05) is 0 Å². The molecule has 19 heavy (non-hydrogen) atoms. The van der Waals surface area contributed by atoms with Crippen LogP contribution in [0, 0.1) is 0 Å². The highest BCUT2D eigenvalue weighted by atomic mass is 32.2. The molecule has 1 aromatic heterocycles. The highest BCUT2D eigenvalue weighted by Gasteiger charge is 2.56. The standard InChI is InChI=1S/C11H6N2O4S2/c14-5-1-2-6-7(3-5)19-8(12-6)9-13-11(4-18-9)10(15)16-17-11/h1-3,14H,4H2/p-1. The highest BCUT2D eigenvalue weighted by Crippen LogP contribution is 2.39. The first-order valence-corrected chi connectivity index (χ1v) is 7.17. The third kappa shape index (κ3) is 1.57. The van der Waals surface area contributed by atoms with Crippen LogP contribution in [0.25, 0.3) is 10.2 Å². The zero-order chi connectivity index (χ0) is 13.0. The molecule has 2 aliphatic rings. The van der Waals surface area contributed by atoms with Gasteiger partial charge in [0.05, 0.1) is 16.0 Å². The average molecular weight is 293 g/mol. The van der Waals surface area contributed by atoms with Crippen molar-refractivity contribution in [2.45, 2.75) is 5.72 Å². The lowest BCUT2D eigenvalue weighted by Gasteiger charge is -2.28. The van der Waals surface area contributed by atoms with Gasteiger partial charge in [-0.05, 0) is 6.07 Å². The molecule has 0 radical (unpaired) electrons. The molecule has 96 valence electrons. The Hall–Kier alpha value is -1.64. The Labute approximate surface area is 115 Å². The summed E-state index contributed by atoms with van der Waals surface area (Å²) in [5.41, 5.74) is -0.428. The normalized spacial score (nSPS) is 25.5. The number of thioether (sulfide) groups is 1. The number of rotatable bonds is 1. The molecule has 1 atom stereocenters. The largest absolute Gasteiger partial charge is 0.872 e. The lowest BCUT2D eigenvalue weighted by atomic mass is 10.2. The van der Waals surface area contributed by atoms with Crippen LogP contribution in [0.15, 0.2) is 23.2 Å². The van der Waals surface area contributed by atoms with E-state index in [0.29, 0.717) is 15.8 Å². The van der Waals surface area contributed by atoms with E-state index >= 15 is 0 Å².